The molecule has 1 fully saturated rings. The molecule has 2 aliphatic rings. The number of aliphatic hydroxyl groups is 1. The van der Waals surface area contributed by atoms with E-state index >= 15 is 0 Å². The molecule has 0 radical (unpaired) electrons. The van der Waals surface area contributed by atoms with Gasteiger partial charge >= 0.3 is 0 Å². The zero-order valence-corrected chi connectivity index (χ0v) is 12.9. The van der Waals surface area contributed by atoms with Crippen LogP contribution in [0.3, 0.4) is 0 Å². The Morgan fingerprint density at radius 1 is 1.42 bits per heavy atom. The highest BCUT2D eigenvalue weighted by Gasteiger charge is 2.46. The summed E-state index contributed by atoms with van der Waals surface area (Å²) in [5.41, 5.74) is 0.800. The quantitative estimate of drug-likeness (QED) is 0.817. The van der Waals surface area contributed by atoms with Crippen molar-refractivity contribution in [1.82, 2.24) is 0 Å². The lowest BCUT2D eigenvalue weighted by Crippen LogP contribution is -2.49. The Hall–Kier alpha value is -0.540. The second-order valence-corrected chi connectivity index (χ2v) is 6.84. The van der Waals surface area contributed by atoms with Crippen LogP contribution >= 0.6 is 15.9 Å². The largest absolute Gasteiger partial charge is 0.486 e. The summed E-state index contributed by atoms with van der Waals surface area (Å²) in [4.78, 5) is 0. The first-order chi connectivity index (χ1) is 9.14. The predicted octanol–water partition coefficient (Wildman–Crippen LogP) is 4.60. The number of hydrogen-bond acceptors (Lipinski definition) is 2. The van der Waals surface area contributed by atoms with E-state index < -0.39 is 0 Å². The standard InChI is InChI=1S/C16H21BrO2/c1-2-11-5-3-4-8-16(11)10-14(18)13-7-6-12(17)9-15(13)19-16/h6-7,9,11,14,18H,2-5,8,10H2,1H3/t11?,14-,16?/m1/s1. The zero-order chi connectivity index (χ0) is 13.5. The molecular formula is C16H21BrO2. The van der Waals surface area contributed by atoms with Gasteiger partial charge in [0.25, 0.3) is 0 Å². The van der Waals surface area contributed by atoms with Crippen LogP contribution in [0.1, 0.15) is 57.1 Å². The van der Waals surface area contributed by atoms with Crippen molar-refractivity contribution in [3.63, 3.8) is 0 Å². The third-order valence-corrected chi connectivity index (χ3v) is 5.32. The number of ether oxygens (including phenoxy) is 1. The second kappa shape index (κ2) is 5.10. The SMILES string of the molecule is CCC1CCCCC12C[C@@H](O)c1ccc(Br)cc1O2. The average Bonchev–Trinajstić information content (AvgIpc) is 2.38. The van der Waals surface area contributed by atoms with Crippen LogP contribution in [0.15, 0.2) is 22.7 Å². The van der Waals surface area contributed by atoms with Crippen molar-refractivity contribution in [2.75, 3.05) is 0 Å². The Balaban J connectivity index is 1.98. The van der Waals surface area contributed by atoms with Crippen molar-refractivity contribution in [3.05, 3.63) is 28.2 Å². The average molecular weight is 325 g/mol. The maximum atomic E-state index is 10.5. The van der Waals surface area contributed by atoms with Crippen molar-refractivity contribution in [2.45, 2.75) is 57.2 Å². The van der Waals surface area contributed by atoms with E-state index in [1.54, 1.807) is 0 Å². The third kappa shape index (κ3) is 2.31. The number of fused-ring (bicyclic) bond motifs is 1. The highest BCUT2D eigenvalue weighted by Crippen LogP contribution is 2.49. The maximum absolute atomic E-state index is 10.5. The van der Waals surface area contributed by atoms with Crippen molar-refractivity contribution >= 4 is 15.9 Å². The maximum Gasteiger partial charge on any atom is 0.127 e. The van der Waals surface area contributed by atoms with Gasteiger partial charge in [-0.05, 0) is 43.7 Å². The molecule has 19 heavy (non-hydrogen) atoms. The van der Waals surface area contributed by atoms with E-state index in [9.17, 15) is 5.11 Å². The van der Waals surface area contributed by atoms with E-state index in [1.165, 1.54) is 19.3 Å². The molecule has 1 aromatic rings. The van der Waals surface area contributed by atoms with Crippen LogP contribution in [0.4, 0.5) is 0 Å². The Labute approximate surface area is 123 Å². The fourth-order valence-electron chi connectivity index (χ4n) is 3.83. The molecule has 104 valence electrons. The summed E-state index contributed by atoms with van der Waals surface area (Å²) in [6.45, 7) is 2.24. The van der Waals surface area contributed by atoms with Crippen LogP contribution in [0, 0.1) is 5.92 Å². The van der Waals surface area contributed by atoms with Gasteiger partial charge in [-0.15, -0.1) is 0 Å². The highest BCUT2D eigenvalue weighted by molar-refractivity contribution is 9.10. The summed E-state index contributed by atoms with van der Waals surface area (Å²) in [6.07, 6.45) is 6.32. The molecule has 1 spiro atoms. The van der Waals surface area contributed by atoms with Crippen LogP contribution in [0.5, 0.6) is 5.75 Å². The van der Waals surface area contributed by atoms with Gasteiger partial charge in [0, 0.05) is 16.5 Å². The van der Waals surface area contributed by atoms with E-state index in [4.69, 9.17) is 4.74 Å². The van der Waals surface area contributed by atoms with E-state index in [0.717, 1.165) is 35.0 Å². The van der Waals surface area contributed by atoms with E-state index in [1.807, 2.05) is 18.2 Å². The molecule has 3 atom stereocenters. The summed E-state index contributed by atoms with van der Waals surface area (Å²) >= 11 is 3.49. The number of aliphatic hydroxyl groups excluding tert-OH is 1. The van der Waals surface area contributed by atoms with Gasteiger partial charge < -0.3 is 9.84 Å². The summed E-state index contributed by atoms with van der Waals surface area (Å²) in [5.74, 6) is 1.44. The van der Waals surface area contributed by atoms with Crippen LogP contribution in [0.25, 0.3) is 0 Å². The molecule has 1 aromatic carbocycles. The van der Waals surface area contributed by atoms with Crippen LogP contribution in [-0.4, -0.2) is 10.7 Å². The molecule has 1 saturated carbocycles. The normalized spacial score (nSPS) is 33.8. The van der Waals surface area contributed by atoms with Crippen molar-refractivity contribution < 1.29 is 9.84 Å². The molecule has 0 bridgehead atoms. The van der Waals surface area contributed by atoms with E-state index in [0.29, 0.717) is 5.92 Å². The fourth-order valence-corrected chi connectivity index (χ4v) is 4.17. The van der Waals surface area contributed by atoms with Gasteiger partial charge in [0.1, 0.15) is 11.4 Å². The number of hydrogen-bond donors (Lipinski definition) is 1. The van der Waals surface area contributed by atoms with Gasteiger partial charge in [-0.3, -0.25) is 0 Å². The first kappa shape index (κ1) is 13.4. The monoisotopic (exact) mass is 324 g/mol. The smallest absolute Gasteiger partial charge is 0.127 e. The molecule has 1 N–H and O–H groups in total. The van der Waals surface area contributed by atoms with Crippen molar-refractivity contribution in [2.24, 2.45) is 5.92 Å². The number of halogens is 1. The molecule has 1 aliphatic heterocycles. The topological polar surface area (TPSA) is 29.5 Å². The third-order valence-electron chi connectivity index (χ3n) is 4.83. The van der Waals surface area contributed by atoms with Gasteiger partial charge in [-0.2, -0.15) is 0 Å². The molecule has 3 rings (SSSR count). The minimum Gasteiger partial charge on any atom is -0.486 e. The Bertz CT molecular complexity index is 474. The minimum absolute atomic E-state index is 0.139. The molecule has 2 unspecified atom stereocenters. The van der Waals surface area contributed by atoms with Gasteiger partial charge in [-0.25, -0.2) is 0 Å². The summed E-state index contributed by atoms with van der Waals surface area (Å²) < 4.78 is 7.44. The van der Waals surface area contributed by atoms with Gasteiger partial charge in [0.2, 0.25) is 0 Å². The summed E-state index contributed by atoms with van der Waals surface area (Å²) in [7, 11) is 0. The lowest BCUT2D eigenvalue weighted by atomic mass is 9.69. The Morgan fingerprint density at radius 3 is 3.05 bits per heavy atom. The molecule has 1 heterocycles. The molecule has 1 aliphatic carbocycles. The summed E-state index contributed by atoms with van der Waals surface area (Å²) in [5, 5.41) is 10.5. The van der Waals surface area contributed by atoms with Crippen molar-refractivity contribution in [3.8, 4) is 5.75 Å². The van der Waals surface area contributed by atoms with Crippen LogP contribution < -0.4 is 4.74 Å². The fraction of sp³-hybridized carbons (Fsp3) is 0.625. The molecular weight excluding hydrogens is 304 g/mol. The van der Waals surface area contributed by atoms with Crippen LogP contribution in [0.2, 0.25) is 0 Å². The first-order valence-corrected chi connectivity index (χ1v) is 8.10. The lowest BCUT2D eigenvalue weighted by molar-refractivity contribution is -0.0782. The second-order valence-electron chi connectivity index (χ2n) is 5.92. The molecule has 0 saturated heterocycles. The van der Waals surface area contributed by atoms with E-state index in [-0.39, 0.29) is 11.7 Å². The highest BCUT2D eigenvalue weighted by atomic mass is 79.9. The Kier molecular flexibility index (Phi) is 3.61. The number of rotatable bonds is 1. The van der Waals surface area contributed by atoms with Crippen molar-refractivity contribution in [1.29, 1.82) is 0 Å². The molecule has 0 amide bonds. The molecule has 3 heteroatoms. The molecule has 0 aromatic heterocycles. The van der Waals surface area contributed by atoms with Gasteiger partial charge in [-0.1, -0.05) is 35.3 Å². The van der Waals surface area contributed by atoms with Gasteiger partial charge in [0.15, 0.2) is 0 Å². The number of benzene rings is 1. The van der Waals surface area contributed by atoms with E-state index in [2.05, 4.69) is 22.9 Å². The lowest BCUT2D eigenvalue weighted by Gasteiger charge is -2.48. The molecule has 2 nitrogen and oxygen atoms in total. The minimum atomic E-state index is -0.385. The first-order valence-electron chi connectivity index (χ1n) is 7.31. The zero-order valence-electron chi connectivity index (χ0n) is 11.4. The Morgan fingerprint density at radius 2 is 2.26 bits per heavy atom. The van der Waals surface area contributed by atoms with Crippen LogP contribution in [-0.2, 0) is 0 Å². The van der Waals surface area contributed by atoms with Gasteiger partial charge in [0.05, 0.1) is 6.10 Å². The predicted molar refractivity (Wildman–Crippen MR) is 79.3 cm³/mol. The summed E-state index contributed by atoms with van der Waals surface area (Å²) in [6, 6.07) is 5.95.